The van der Waals surface area contributed by atoms with Crippen molar-refractivity contribution in [2.24, 2.45) is 5.73 Å². The molecule has 0 saturated carbocycles. The molecule has 1 fully saturated rings. The third kappa shape index (κ3) is 3.93. The molecule has 0 bridgehead atoms. The SMILES string of the molecule is CC(C)c1c(-c2ccc(C#N)c3ncccc23)[nH]c2ccc(C3CCN(CC(N)=O)CC3)cc12. The van der Waals surface area contributed by atoms with Crippen LogP contribution in [0.1, 0.15) is 55.2 Å². The Kier molecular flexibility index (Phi) is 5.80. The lowest BCUT2D eigenvalue weighted by atomic mass is 9.87. The predicted molar refractivity (Wildman–Crippen MR) is 135 cm³/mol. The second-order valence-corrected chi connectivity index (χ2v) is 9.56. The van der Waals surface area contributed by atoms with Crippen LogP contribution in [0, 0.1) is 11.3 Å². The van der Waals surface area contributed by atoms with E-state index in [1.165, 1.54) is 16.5 Å². The van der Waals surface area contributed by atoms with Crippen LogP contribution < -0.4 is 5.73 Å². The highest BCUT2D eigenvalue weighted by Gasteiger charge is 2.24. The van der Waals surface area contributed by atoms with Gasteiger partial charge in [-0.15, -0.1) is 0 Å². The smallest absolute Gasteiger partial charge is 0.231 e. The molecule has 3 N–H and O–H groups in total. The number of likely N-dealkylation sites (tertiary alicyclic amines) is 1. The largest absolute Gasteiger partial charge is 0.369 e. The van der Waals surface area contributed by atoms with Crippen LogP contribution in [-0.2, 0) is 4.79 Å². The zero-order chi connectivity index (χ0) is 23.8. The lowest BCUT2D eigenvalue weighted by Crippen LogP contribution is -2.39. The number of nitrogens with zero attached hydrogens (tertiary/aromatic N) is 3. The van der Waals surface area contributed by atoms with Crippen molar-refractivity contribution in [1.82, 2.24) is 14.9 Å². The van der Waals surface area contributed by atoms with Crippen molar-refractivity contribution in [3.05, 3.63) is 65.4 Å². The molecule has 1 saturated heterocycles. The minimum Gasteiger partial charge on any atom is -0.369 e. The number of aromatic nitrogens is 2. The number of aromatic amines is 1. The van der Waals surface area contributed by atoms with Gasteiger partial charge < -0.3 is 10.7 Å². The number of H-pyrrole nitrogens is 1. The standard InChI is InChI=1S/C28H29N5O/c1-17(2)26-23-14-19(18-9-12-33(13-10-18)16-25(30)34)6-8-24(23)32-28(26)22-7-5-20(15-29)27-21(22)4-3-11-31-27/h3-8,11,14,17-18,32H,9-10,12-13,16H2,1-2H3,(H2,30,34). The van der Waals surface area contributed by atoms with Crippen LogP contribution in [0.4, 0.5) is 0 Å². The first-order valence-electron chi connectivity index (χ1n) is 11.9. The van der Waals surface area contributed by atoms with E-state index in [-0.39, 0.29) is 5.91 Å². The fraction of sp³-hybridized carbons (Fsp3) is 0.321. The van der Waals surface area contributed by atoms with Gasteiger partial charge in [0, 0.05) is 28.0 Å². The van der Waals surface area contributed by atoms with Gasteiger partial charge in [-0.05, 0) is 73.2 Å². The Morgan fingerprint density at radius 3 is 2.71 bits per heavy atom. The number of nitriles is 1. The van der Waals surface area contributed by atoms with Gasteiger partial charge in [0.15, 0.2) is 0 Å². The summed E-state index contributed by atoms with van der Waals surface area (Å²) in [6.45, 7) is 6.59. The van der Waals surface area contributed by atoms with Gasteiger partial charge in [-0.25, -0.2) is 0 Å². The Hall–Kier alpha value is -3.69. The monoisotopic (exact) mass is 451 g/mol. The Bertz CT molecular complexity index is 1420. The van der Waals surface area contributed by atoms with Crippen molar-refractivity contribution in [2.45, 2.75) is 38.5 Å². The Balaban J connectivity index is 1.57. The van der Waals surface area contributed by atoms with Crippen LogP contribution >= 0.6 is 0 Å². The van der Waals surface area contributed by atoms with Crippen molar-refractivity contribution >= 4 is 27.7 Å². The minimum absolute atomic E-state index is 0.258. The third-order valence-corrected chi connectivity index (χ3v) is 7.04. The Morgan fingerprint density at radius 1 is 1.21 bits per heavy atom. The van der Waals surface area contributed by atoms with Crippen molar-refractivity contribution in [2.75, 3.05) is 19.6 Å². The third-order valence-electron chi connectivity index (χ3n) is 7.04. The number of hydrogen-bond donors (Lipinski definition) is 2. The average molecular weight is 452 g/mol. The lowest BCUT2D eigenvalue weighted by molar-refractivity contribution is -0.119. The molecule has 1 aliphatic rings. The molecular weight excluding hydrogens is 422 g/mol. The molecule has 0 aliphatic carbocycles. The number of primary amides is 1. The number of carbonyl (C=O) groups is 1. The topological polar surface area (TPSA) is 98.8 Å². The van der Waals surface area contributed by atoms with Gasteiger partial charge >= 0.3 is 0 Å². The van der Waals surface area contributed by atoms with Crippen molar-refractivity contribution < 1.29 is 4.79 Å². The van der Waals surface area contributed by atoms with E-state index in [2.05, 4.69) is 53.0 Å². The molecule has 6 heteroatoms. The number of rotatable bonds is 5. The number of fused-ring (bicyclic) bond motifs is 2. The molecular formula is C28H29N5O. The van der Waals surface area contributed by atoms with Crippen LogP contribution in [0.25, 0.3) is 33.1 Å². The van der Waals surface area contributed by atoms with Gasteiger partial charge in [-0.2, -0.15) is 5.26 Å². The fourth-order valence-electron chi connectivity index (χ4n) is 5.42. The van der Waals surface area contributed by atoms with E-state index in [1.807, 2.05) is 24.3 Å². The second kappa shape index (κ2) is 8.92. The first kappa shape index (κ1) is 22.1. The number of nitrogens with one attached hydrogen (secondary N) is 1. The number of pyridine rings is 1. The highest BCUT2D eigenvalue weighted by atomic mass is 16.1. The molecule has 1 aliphatic heterocycles. The van der Waals surface area contributed by atoms with Crippen molar-refractivity contribution in [3.63, 3.8) is 0 Å². The molecule has 2 aromatic carbocycles. The number of nitrogens with two attached hydrogens (primary N) is 1. The van der Waals surface area contributed by atoms with Crippen LogP contribution in [-0.4, -0.2) is 40.4 Å². The number of amides is 1. The molecule has 0 unspecified atom stereocenters. The molecule has 172 valence electrons. The van der Waals surface area contributed by atoms with Crippen LogP contribution in [0.15, 0.2) is 48.7 Å². The van der Waals surface area contributed by atoms with Crippen LogP contribution in [0.2, 0.25) is 0 Å². The van der Waals surface area contributed by atoms with Gasteiger partial charge in [0.1, 0.15) is 6.07 Å². The molecule has 1 amide bonds. The number of piperidine rings is 1. The summed E-state index contributed by atoms with van der Waals surface area (Å²) >= 11 is 0. The molecule has 4 aromatic rings. The Labute approximate surface area is 199 Å². The zero-order valence-corrected chi connectivity index (χ0v) is 19.6. The summed E-state index contributed by atoms with van der Waals surface area (Å²) in [7, 11) is 0. The Morgan fingerprint density at radius 2 is 2.00 bits per heavy atom. The molecule has 0 spiro atoms. The van der Waals surface area contributed by atoms with E-state index in [0.717, 1.165) is 53.6 Å². The van der Waals surface area contributed by atoms with Gasteiger partial charge in [0.25, 0.3) is 0 Å². The summed E-state index contributed by atoms with van der Waals surface area (Å²) in [5.41, 5.74) is 12.6. The minimum atomic E-state index is -0.258. The average Bonchev–Trinajstić information content (AvgIpc) is 3.22. The van der Waals surface area contributed by atoms with E-state index in [1.54, 1.807) is 6.20 Å². The zero-order valence-electron chi connectivity index (χ0n) is 19.6. The van der Waals surface area contributed by atoms with Gasteiger partial charge in [0.2, 0.25) is 5.91 Å². The fourth-order valence-corrected chi connectivity index (χ4v) is 5.42. The number of carbonyl (C=O) groups excluding carboxylic acids is 1. The normalized spacial score (nSPS) is 15.2. The van der Waals surface area contributed by atoms with Crippen molar-refractivity contribution in [3.8, 4) is 17.3 Å². The second-order valence-electron chi connectivity index (χ2n) is 9.56. The summed E-state index contributed by atoms with van der Waals surface area (Å²) in [6, 6.07) is 16.9. The van der Waals surface area contributed by atoms with Gasteiger partial charge in [-0.1, -0.05) is 32.0 Å². The molecule has 0 atom stereocenters. The van der Waals surface area contributed by atoms with E-state index >= 15 is 0 Å². The summed E-state index contributed by atoms with van der Waals surface area (Å²) in [6.07, 6.45) is 3.79. The maximum absolute atomic E-state index is 11.3. The van der Waals surface area contributed by atoms with E-state index in [9.17, 15) is 10.1 Å². The number of benzene rings is 2. The number of hydrogen-bond acceptors (Lipinski definition) is 4. The molecule has 3 heterocycles. The highest BCUT2D eigenvalue weighted by Crippen LogP contribution is 2.40. The molecule has 0 radical (unpaired) electrons. The van der Waals surface area contributed by atoms with E-state index < -0.39 is 0 Å². The van der Waals surface area contributed by atoms with Crippen LogP contribution in [0.5, 0.6) is 0 Å². The predicted octanol–water partition coefficient (Wildman–Crippen LogP) is 5.04. The van der Waals surface area contributed by atoms with Crippen molar-refractivity contribution in [1.29, 1.82) is 5.26 Å². The van der Waals surface area contributed by atoms with Gasteiger partial charge in [-0.3, -0.25) is 14.7 Å². The van der Waals surface area contributed by atoms with Gasteiger partial charge in [0.05, 0.1) is 23.3 Å². The molecule has 2 aromatic heterocycles. The first-order valence-corrected chi connectivity index (χ1v) is 11.9. The quantitative estimate of drug-likeness (QED) is 0.444. The summed E-state index contributed by atoms with van der Waals surface area (Å²) < 4.78 is 0. The summed E-state index contributed by atoms with van der Waals surface area (Å²) in [5.74, 6) is 0.539. The lowest BCUT2D eigenvalue weighted by Gasteiger charge is -2.31. The molecule has 5 rings (SSSR count). The maximum atomic E-state index is 11.3. The summed E-state index contributed by atoms with van der Waals surface area (Å²) in [5, 5.41) is 11.8. The van der Waals surface area contributed by atoms with E-state index in [0.29, 0.717) is 23.9 Å². The van der Waals surface area contributed by atoms with E-state index in [4.69, 9.17) is 5.73 Å². The highest BCUT2D eigenvalue weighted by molar-refractivity contribution is 6.01. The molecule has 34 heavy (non-hydrogen) atoms. The van der Waals surface area contributed by atoms with Crippen LogP contribution in [0.3, 0.4) is 0 Å². The summed E-state index contributed by atoms with van der Waals surface area (Å²) in [4.78, 5) is 21.6. The maximum Gasteiger partial charge on any atom is 0.231 e. The molecule has 6 nitrogen and oxygen atoms in total. The first-order chi connectivity index (χ1) is 16.5.